The minimum absolute atomic E-state index is 0. The van der Waals surface area contributed by atoms with E-state index in [2.05, 4.69) is 90.4 Å². The van der Waals surface area contributed by atoms with Gasteiger partial charge in [-0.05, 0) is 51.4 Å². The molecular formula is C12H36I2O2Si3. The molecule has 0 N–H and O–H groups in total. The van der Waals surface area contributed by atoms with E-state index in [-0.39, 0.29) is 14.9 Å². The van der Waals surface area contributed by atoms with Gasteiger partial charge in [-0.3, -0.25) is 0 Å². The fraction of sp³-hybridized carbons (Fsp3) is 1.00. The van der Waals surface area contributed by atoms with Crippen LogP contribution in [0.3, 0.4) is 0 Å². The Labute approximate surface area is 149 Å². The van der Waals surface area contributed by atoms with E-state index in [4.69, 9.17) is 8.23 Å². The fourth-order valence-electron chi connectivity index (χ4n) is 1.50. The highest BCUT2D eigenvalue weighted by atomic mass is 128. The largest absolute Gasteiger partial charge is 0.437 e. The lowest BCUT2D eigenvalue weighted by Crippen LogP contribution is -2.51. The second kappa shape index (κ2) is 12.6. The Kier molecular flexibility index (Phi) is 19.2. The third-order valence-electron chi connectivity index (χ3n) is 2.75. The van der Waals surface area contributed by atoms with Gasteiger partial charge in [-0.15, -0.1) is 0 Å². The van der Waals surface area contributed by atoms with Crippen molar-refractivity contribution in [3.8, 4) is 0 Å². The Morgan fingerprint density at radius 1 is 0.684 bits per heavy atom. The van der Waals surface area contributed by atoms with Crippen LogP contribution in [0.25, 0.3) is 0 Å². The van der Waals surface area contributed by atoms with E-state index < -0.39 is 25.2 Å². The van der Waals surface area contributed by atoms with Gasteiger partial charge in [0.2, 0.25) is 0 Å². The Morgan fingerprint density at radius 2 is 0.895 bits per heavy atom. The van der Waals surface area contributed by atoms with Gasteiger partial charge in [0, 0.05) is 37.2 Å². The molecular weight excluding hydrogens is 514 g/mol. The molecule has 2 nitrogen and oxygen atoms in total. The summed E-state index contributed by atoms with van der Waals surface area (Å²) in [6.07, 6.45) is 0. The van der Waals surface area contributed by atoms with Gasteiger partial charge in [0.25, 0.3) is 0 Å². The molecule has 0 fully saturated rings. The van der Waals surface area contributed by atoms with Crippen molar-refractivity contribution in [1.82, 2.24) is 0 Å². The molecule has 0 unspecified atom stereocenters. The lowest BCUT2D eigenvalue weighted by Gasteiger charge is -2.38. The van der Waals surface area contributed by atoms with Crippen LogP contribution in [0.5, 0.6) is 0 Å². The second-order valence-electron chi connectivity index (χ2n) is 5.83. The van der Waals surface area contributed by atoms with Crippen molar-refractivity contribution < 1.29 is 8.23 Å². The average Bonchev–Trinajstić information content (AvgIpc) is 2.17. The average molecular weight is 550 g/mol. The number of rotatable bonds is 6. The van der Waals surface area contributed by atoms with Gasteiger partial charge in [-0.25, -0.2) is 0 Å². The van der Waals surface area contributed by atoms with Crippen LogP contribution in [-0.4, -0.2) is 25.2 Å². The summed E-state index contributed by atoms with van der Waals surface area (Å²) in [7, 11) is -4.83. The summed E-state index contributed by atoms with van der Waals surface area (Å²) >= 11 is 4.24. The normalized spacial score (nSPS) is 11.7. The Hall–Kier alpha value is 2.03. The number of hydrogen-bond acceptors (Lipinski definition) is 2. The van der Waals surface area contributed by atoms with Gasteiger partial charge in [-0.2, -0.15) is 0 Å². The molecule has 0 spiro atoms. The lowest BCUT2D eigenvalue weighted by molar-refractivity contribution is 0.390. The zero-order valence-corrected chi connectivity index (χ0v) is 19.8. The van der Waals surface area contributed by atoms with E-state index in [1.54, 1.807) is 0 Å². The standard InChI is InChI=1S/C10H28O2Si3.2CH4.I2/c1-9-13(3,4)11-15(7,8)12-14(5,6)10-2;;;1-2/h9-10H2,1-8H3;2*1H4;. The van der Waals surface area contributed by atoms with Gasteiger partial charge in [-0.1, -0.05) is 28.7 Å². The first-order valence-corrected chi connectivity index (χ1v) is 21.4. The summed E-state index contributed by atoms with van der Waals surface area (Å²) in [5.41, 5.74) is 0. The van der Waals surface area contributed by atoms with E-state index in [0.717, 1.165) is 0 Å². The first kappa shape index (κ1) is 29.1. The molecule has 0 aromatic rings. The molecule has 0 atom stereocenters. The maximum atomic E-state index is 6.30. The van der Waals surface area contributed by atoms with E-state index in [9.17, 15) is 0 Å². The zero-order valence-electron chi connectivity index (χ0n) is 12.5. The topological polar surface area (TPSA) is 18.5 Å². The molecule has 122 valence electrons. The molecule has 0 aromatic heterocycles. The molecule has 19 heavy (non-hydrogen) atoms. The molecule has 0 radical (unpaired) electrons. The monoisotopic (exact) mass is 550 g/mol. The predicted molar refractivity (Wildman–Crippen MR) is 117 cm³/mol. The molecule has 0 amide bonds. The molecule has 0 bridgehead atoms. The highest BCUT2D eigenvalue weighted by Crippen LogP contribution is 2.23. The predicted octanol–water partition coefficient (Wildman–Crippen LogP) is 7.22. The van der Waals surface area contributed by atoms with Crippen LogP contribution in [0.1, 0.15) is 28.7 Å². The Morgan fingerprint density at radius 3 is 1.05 bits per heavy atom. The van der Waals surface area contributed by atoms with Crippen molar-refractivity contribution in [2.24, 2.45) is 0 Å². The lowest BCUT2D eigenvalue weighted by atomic mass is 11.0. The first-order valence-electron chi connectivity index (χ1n) is 6.08. The van der Waals surface area contributed by atoms with E-state index in [1.807, 2.05) is 0 Å². The smallest absolute Gasteiger partial charge is 0.311 e. The van der Waals surface area contributed by atoms with Crippen LogP contribution in [0.2, 0.25) is 51.4 Å². The molecule has 0 aliphatic carbocycles. The summed E-state index contributed by atoms with van der Waals surface area (Å²) in [5, 5.41) is 0. The van der Waals surface area contributed by atoms with Crippen molar-refractivity contribution in [1.29, 1.82) is 0 Å². The van der Waals surface area contributed by atoms with Crippen LogP contribution in [0, 0.1) is 0 Å². The van der Waals surface area contributed by atoms with Crippen LogP contribution in [-0.2, 0) is 8.23 Å². The van der Waals surface area contributed by atoms with E-state index in [1.165, 1.54) is 12.1 Å². The van der Waals surface area contributed by atoms with Gasteiger partial charge in [0.1, 0.15) is 0 Å². The summed E-state index contributed by atoms with van der Waals surface area (Å²) < 4.78 is 12.6. The molecule has 0 saturated heterocycles. The molecule has 0 aromatic carbocycles. The summed E-state index contributed by atoms with van der Waals surface area (Å²) in [4.78, 5) is 0. The van der Waals surface area contributed by atoms with Gasteiger partial charge in [0.15, 0.2) is 16.6 Å². The van der Waals surface area contributed by atoms with E-state index >= 15 is 0 Å². The molecule has 0 rings (SSSR count). The Balaban J connectivity index is -0.000000267. The second-order valence-corrected chi connectivity index (χ2v) is 18.7. The summed E-state index contributed by atoms with van der Waals surface area (Å²) in [6.45, 7) is 18.0. The van der Waals surface area contributed by atoms with Crippen LogP contribution >= 0.6 is 37.2 Å². The SMILES string of the molecule is C.C.CC[Si](C)(C)O[Si](C)(C)O[Si](C)(C)CC.II. The van der Waals surface area contributed by atoms with Crippen molar-refractivity contribution in [2.75, 3.05) is 0 Å². The number of halogens is 2. The minimum Gasteiger partial charge on any atom is -0.437 e. The molecule has 0 saturated carbocycles. The maximum absolute atomic E-state index is 6.30. The van der Waals surface area contributed by atoms with Crippen LogP contribution in [0.15, 0.2) is 0 Å². The maximum Gasteiger partial charge on any atom is 0.311 e. The van der Waals surface area contributed by atoms with Crippen LogP contribution < -0.4 is 0 Å². The third kappa shape index (κ3) is 16.2. The third-order valence-corrected chi connectivity index (χ3v) is 14.5. The van der Waals surface area contributed by atoms with Gasteiger partial charge in [0.05, 0.1) is 0 Å². The van der Waals surface area contributed by atoms with Crippen molar-refractivity contribution >= 4 is 62.4 Å². The van der Waals surface area contributed by atoms with Gasteiger partial charge >= 0.3 is 8.56 Å². The summed E-state index contributed by atoms with van der Waals surface area (Å²) in [5.74, 6) is 0. The number of hydrogen-bond donors (Lipinski definition) is 0. The minimum atomic E-state index is -1.89. The zero-order chi connectivity index (χ0) is 14.3. The van der Waals surface area contributed by atoms with Crippen molar-refractivity contribution in [3.63, 3.8) is 0 Å². The highest BCUT2D eigenvalue weighted by Gasteiger charge is 2.37. The first-order chi connectivity index (χ1) is 7.54. The molecule has 0 heterocycles. The van der Waals surface area contributed by atoms with Gasteiger partial charge < -0.3 is 8.23 Å². The molecule has 7 heteroatoms. The van der Waals surface area contributed by atoms with Crippen molar-refractivity contribution in [2.45, 2.75) is 80.1 Å². The summed E-state index contributed by atoms with van der Waals surface area (Å²) in [6, 6.07) is 2.34. The van der Waals surface area contributed by atoms with Crippen LogP contribution in [0.4, 0.5) is 0 Å². The molecule has 0 aliphatic rings. The van der Waals surface area contributed by atoms with E-state index in [0.29, 0.717) is 0 Å². The molecule has 0 aliphatic heterocycles. The highest BCUT2D eigenvalue weighted by molar-refractivity contribution is 15.0. The quantitative estimate of drug-likeness (QED) is 0.257. The fourth-order valence-corrected chi connectivity index (χ4v) is 13.8. The van der Waals surface area contributed by atoms with Crippen molar-refractivity contribution in [3.05, 3.63) is 0 Å². The Bertz CT molecular complexity index is 193.